The first-order valence-corrected chi connectivity index (χ1v) is 6.78. The van der Waals surface area contributed by atoms with Crippen LogP contribution in [0.1, 0.15) is 39.5 Å². The fourth-order valence-electron chi connectivity index (χ4n) is 2.83. The third kappa shape index (κ3) is 3.44. The highest BCUT2D eigenvalue weighted by atomic mass is 16.5. The number of hydrogen-bond acceptors (Lipinski definition) is 3. The molecule has 0 saturated carbocycles. The molecule has 2 heterocycles. The lowest BCUT2D eigenvalue weighted by Crippen LogP contribution is -2.45. The van der Waals surface area contributed by atoms with Crippen molar-refractivity contribution in [2.45, 2.75) is 51.2 Å². The summed E-state index contributed by atoms with van der Waals surface area (Å²) in [5, 5.41) is 3.55. The quantitative estimate of drug-likeness (QED) is 0.774. The summed E-state index contributed by atoms with van der Waals surface area (Å²) < 4.78 is 5.88. The second kappa shape index (κ2) is 5.48. The SMILES string of the molecule is CC1CCN(CC2(C)CCCO2)CCCN1. The molecule has 0 aliphatic carbocycles. The molecule has 3 nitrogen and oxygen atoms in total. The van der Waals surface area contributed by atoms with E-state index in [0.29, 0.717) is 6.04 Å². The predicted molar refractivity (Wildman–Crippen MR) is 66.7 cm³/mol. The molecule has 0 aromatic rings. The Balaban J connectivity index is 1.82. The molecule has 2 atom stereocenters. The third-order valence-corrected chi connectivity index (χ3v) is 3.88. The lowest BCUT2D eigenvalue weighted by molar-refractivity contribution is -0.0106. The third-order valence-electron chi connectivity index (χ3n) is 3.88. The van der Waals surface area contributed by atoms with Crippen molar-refractivity contribution in [3.8, 4) is 0 Å². The molecule has 2 aliphatic rings. The van der Waals surface area contributed by atoms with Crippen molar-refractivity contribution in [2.75, 3.05) is 32.8 Å². The molecule has 94 valence electrons. The van der Waals surface area contributed by atoms with Crippen molar-refractivity contribution in [1.29, 1.82) is 0 Å². The topological polar surface area (TPSA) is 24.5 Å². The zero-order chi connectivity index (χ0) is 11.4. The van der Waals surface area contributed by atoms with Crippen LogP contribution in [0, 0.1) is 0 Å². The molecule has 0 amide bonds. The van der Waals surface area contributed by atoms with Gasteiger partial charge in [0, 0.05) is 19.2 Å². The molecule has 0 spiro atoms. The Kier molecular flexibility index (Phi) is 4.22. The van der Waals surface area contributed by atoms with Gasteiger partial charge in [-0.1, -0.05) is 0 Å². The van der Waals surface area contributed by atoms with E-state index in [0.717, 1.165) is 19.7 Å². The van der Waals surface area contributed by atoms with Crippen LogP contribution in [0.5, 0.6) is 0 Å². The maximum absolute atomic E-state index is 5.88. The highest BCUT2D eigenvalue weighted by Gasteiger charge is 2.31. The molecule has 16 heavy (non-hydrogen) atoms. The van der Waals surface area contributed by atoms with Crippen LogP contribution in [0.4, 0.5) is 0 Å². The van der Waals surface area contributed by atoms with Gasteiger partial charge in [0.15, 0.2) is 0 Å². The minimum atomic E-state index is 0.135. The first-order chi connectivity index (χ1) is 7.68. The van der Waals surface area contributed by atoms with Gasteiger partial charge in [0.1, 0.15) is 0 Å². The van der Waals surface area contributed by atoms with Gasteiger partial charge < -0.3 is 15.0 Å². The standard InChI is InChI=1S/C13H26N2O/c1-12-5-9-15(8-4-7-14-12)11-13(2)6-3-10-16-13/h12,14H,3-11H2,1-2H3. The van der Waals surface area contributed by atoms with Gasteiger partial charge in [-0.15, -0.1) is 0 Å². The van der Waals surface area contributed by atoms with Gasteiger partial charge in [-0.05, 0) is 59.2 Å². The molecule has 0 bridgehead atoms. The summed E-state index contributed by atoms with van der Waals surface area (Å²) in [6, 6.07) is 0.667. The van der Waals surface area contributed by atoms with Crippen LogP contribution in [0.25, 0.3) is 0 Å². The molecular formula is C13H26N2O. The fraction of sp³-hybridized carbons (Fsp3) is 1.00. The van der Waals surface area contributed by atoms with E-state index < -0.39 is 0 Å². The average Bonchev–Trinajstić information content (AvgIpc) is 2.65. The van der Waals surface area contributed by atoms with Gasteiger partial charge in [0.2, 0.25) is 0 Å². The summed E-state index contributed by atoms with van der Waals surface area (Å²) in [6.45, 7) is 10.3. The van der Waals surface area contributed by atoms with Gasteiger partial charge in [0.05, 0.1) is 5.60 Å². The van der Waals surface area contributed by atoms with E-state index in [1.165, 1.54) is 38.8 Å². The lowest BCUT2D eigenvalue weighted by atomic mass is 10.0. The van der Waals surface area contributed by atoms with E-state index >= 15 is 0 Å². The van der Waals surface area contributed by atoms with Gasteiger partial charge in [-0.2, -0.15) is 0 Å². The highest BCUT2D eigenvalue weighted by Crippen LogP contribution is 2.26. The Morgan fingerprint density at radius 2 is 2.25 bits per heavy atom. The van der Waals surface area contributed by atoms with Crippen LogP contribution >= 0.6 is 0 Å². The second-order valence-corrected chi connectivity index (χ2v) is 5.68. The van der Waals surface area contributed by atoms with Crippen LogP contribution in [0.15, 0.2) is 0 Å². The second-order valence-electron chi connectivity index (χ2n) is 5.68. The summed E-state index contributed by atoms with van der Waals surface area (Å²) in [6.07, 6.45) is 5.00. The number of nitrogens with one attached hydrogen (secondary N) is 1. The Morgan fingerprint density at radius 1 is 1.38 bits per heavy atom. The van der Waals surface area contributed by atoms with E-state index in [9.17, 15) is 0 Å². The van der Waals surface area contributed by atoms with Crippen molar-refractivity contribution in [3.63, 3.8) is 0 Å². The Morgan fingerprint density at radius 3 is 3.00 bits per heavy atom. The van der Waals surface area contributed by atoms with Crippen LogP contribution in [-0.4, -0.2) is 49.3 Å². The number of rotatable bonds is 2. The van der Waals surface area contributed by atoms with Crippen LogP contribution in [0.3, 0.4) is 0 Å². The molecule has 3 heteroatoms. The van der Waals surface area contributed by atoms with Crippen LogP contribution in [-0.2, 0) is 4.74 Å². The molecule has 0 aromatic heterocycles. The Labute approximate surface area is 99.5 Å². The number of hydrogen-bond donors (Lipinski definition) is 1. The Hall–Kier alpha value is -0.120. The van der Waals surface area contributed by atoms with Crippen LogP contribution < -0.4 is 5.32 Å². The minimum Gasteiger partial charge on any atom is -0.374 e. The predicted octanol–water partition coefficient (Wildman–Crippen LogP) is 1.63. The average molecular weight is 226 g/mol. The van der Waals surface area contributed by atoms with E-state index in [-0.39, 0.29) is 5.60 Å². The van der Waals surface area contributed by atoms with Gasteiger partial charge in [-0.3, -0.25) is 0 Å². The first kappa shape index (κ1) is 12.3. The normalized spacial score (nSPS) is 38.2. The summed E-state index contributed by atoms with van der Waals surface area (Å²) in [5.74, 6) is 0. The zero-order valence-electron chi connectivity index (χ0n) is 10.8. The van der Waals surface area contributed by atoms with Crippen molar-refractivity contribution in [3.05, 3.63) is 0 Å². The van der Waals surface area contributed by atoms with E-state index in [1.807, 2.05) is 0 Å². The van der Waals surface area contributed by atoms with E-state index in [4.69, 9.17) is 4.74 Å². The van der Waals surface area contributed by atoms with Crippen molar-refractivity contribution >= 4 is 0 Å². The summed E-state index contributed by atoms with van der Waals surface area (Å²) in [5.41, 5.74) is 0.135. The molecule has 1 N–H and O–H groups in total. The number of nitrogens with zero attached hydrogens (tertiary/aromatic N) is 1. The molecule has 2 unspecified atom stereocenters. The lowest BCUT2D eigenvalue weighted by Gasteiger charge is -2.34. The fourth-order valence-corrected chi connectivity index (χ4v) is 2.83. The maximum Gasteiger partial charge on any atom is 0.0781 e. The summed E-state index contributed by atoms with van der Waals surface area (Å²) in [4.78, 5) is 2.60. The van der Waals surface area contributed by atoms with Crippen molar-refractivity contribution in [2.24, 2.45) is 0 Å². The zero-order valence-corrected chi connectivity index (χ0v) is 10.8. The van der Waals surface area contributed by atoms with Gasteiger partial charge in [0.25, 0.3) is 0 Å². The monoisotopic (exact) mass is 226 g/mol. The summed E-state index contributed by atoms with van der Waals surface area (Å²) >= 11 is 0. The van der Waals surface area contributed by atoms with Crippen molar-refractivity contribution in [1.82, 2.24) is 10.2 Å². The maximum atomic E-state index is 5.88. The van der Waals surface area contributed by atoms with Crippen LogP contribution in [0.2, 0.25) is 0 Å². The largest absolute Gasteiger partial charge is 0.374 e. The molecular weight excluding hydrogens is 200 g/mol. The van der Waals surface area contributed by atoms with Gasteiger partial charge in [-0.25, -0.2) is 0 Å². The molecule has 2 fully saturated rings. The van der Waals surface area contributed by atoms with Crippen molar-refractivity contribution < 1.29 is 4.74 Å². The van der Waals surface area contributed by atoms with E-state index in [1.54, 1.807) is 0 Å². The summed E-state index contributed by atoms with van der Waals surface area (Å²) in [7, 11) is 0. The Bertz CT molecular complexity index is 214. The molecule has 2 rings (SSSR count). The number of ether oxygens (including phenoxy) is 1. The van der Waals surface area contributed by atoms with Gasteiger partial charge >= 0.3 is 0 Å². The van der Waals surface area contributed by atoms with E-state index in [2.05, 4.69) is 24.1 Å². The highest BCUT2D eigenvalue weighted by molar-refractivity contribution is 4.84. The first-order valence-electron chi connectivity index (χ1n) is 6.78. The molecule has 0 radical (unpaired) electrons. The molecule has 2 aliphatic heterocycles. The smallest absolute Gasteiger partial charge is 0.0781 e. The minimum absolute atomic E-state index is 0.135. The molecule has 2 saturated heterocycles. The molecule has 0 aromatic carbocycles.